The Labute approximate surface area is 104 Å². The van der Waals surface area contributed by atoms with Crippen LogP contribution in [-0.2, 0) is 0 Å². The van der Waals surface area contributed by atoms with Gasteiger partial charge in [0.05, 0.1) is 12.6 Å². The molecule has 1 aliphatic heterocycles. The van der Waals surface area contributed by atoms with E-state index in [0.29, 0.717) is 12.1 Å². The Bertz CT molecular complexity index is 288. The van der Waals surface area contributed by atoms with Crippen LogP contribution < -0.4 is 5.73 Å². The van der Waals surface area contributed by atoms with Gasteiger partial charge in [-0.2, -0.15) is 0 Å². The Balaban J connectivity index is 1.70. The van der Waals surface area contributed by atoms with Crippen molar-refractivity contribution in [3.8, 4) is 0 Å². The average Bonchev–Trinajstić information content (AvgIpc) is 2.99. The second-order valence-electron chi connectivity index (χ2n) is 6.01. The summed E-state index contributed by atoms with van der Waals surface area (Å²) in [6.45, 7) is 0.965. The van der Waals surface area contributed by atoms with Crippen molar-refractivity contribution in [1.29, 1.82) is 0 Å². The molecule has 0 spiro atoms. The lowest BCUT2D eigenvalue weighted by atomic mass is 9.83. The van der Waals surface area contributed by atoms with Crippen LogP contribution in [0.3, 0.4) is 0 Å². The molecule has 2 fully saturated rings. The van der Waals surface area contributed by atoms with Crippen molar-refractivity contribution in [2.24, 2.45) is 16.6 Å². The quantitative estimate of drug-likeness (QED) is 0.799. The highest BCUT2D eigenvalue weighted by atomic mass is 15.3. The van der Waals surface area contributed by atoms with Gasteiger partial charge in [-0.05, 0) is 31.6 Å². The topological polar surface area (TPSA) is 41.6 Å². The first-order chi connectivity index (χ1) is 8.36. The van der Waals surface area contributed by atoms with Gasteiger partial charge in [0.15, 0.2) is 5.96 Å². The molecule has 3 heteroatoms. The first-order valence-electron chi connectivity index (χ1n) is 7.44. The summed E-state index contributed by atoms with van der Waals surface area (Å²) in [7, 11) is 0. The predicted octanol–water partition coefficient (Wildman–Crippen LogP) is 2.51. The summed E-state index contributed by atoms with van der Waals surface area (Å²) in [5.74, 6) is 1.70. The smallest absolute Gasteiger partial charge is 0.191 e. The van der Waals surface area contributed by atoms with Gasteiger partial charge < -0.3 is 10.6 Å². The molecule has 17 heavy (non-hydrogen) atoms. The van der Waals surface area contributed by atoms with Gasteiger partial charge >= 0.3 is 0 Å². The Kier molecular flexibility index (Phi) is 3.26. The normalized spacial score (nSPS) is 32.1. The molecule has 1 atom stereocenters. The van der Waals surface area contributed by atoms with Crippen LogP contribution in [0, 0.1) is 5.92 Å². The Hall–Kier alpha value is -0.730. The number of hydrogen-bond donors (Lipinski definition) is 1. The molecule has 0 aromatic heterocycles. The SMILES string of the molecule is NC1=NCC(C2CCCCC2)N1C1CCCC1. The molecule has 1 heterocycles. The number of guanidine groups is 1. The van der Waals surface area contributed by atoms with Gasteiger partial charge in [0.25, 0.3) is 0 Å². The first-order valence-corrected chi connectivity index (χ1v) is 7.44. The van der Waals surface area contributed by atoms with Crippen molar-refractivity contribution in [2.75, 3.05) is 6.54 Å². The van der Waals surface area contributed by atoms with Gasteiger partial charge in [-0.3, -0.25) is 4.99 Å². The number of nitrogens with two attached hydrogens (primary N) is 1. The van der Waals surface area contributed by atoms with Crippen LogP contribution in [0.4, 0.5) is 0 Å². The maximum absolute atomic E-state index is 6.13. The maximum atomic E-state index is 6.13. The lowest BCUT2D eigenvalue weighted by Gasteiger charge is -2.38. The molecule has 3 rings (SSSR count). The number of aliphatic imine (C=N–C) groups is 1. The monoisotopic (exact) mass is 235 g/mol. The molecule has 0 radical (unpaired) electrons. The van der Waals surface area contributed by atoms with E-state index in [4.69, 9.17) is 5.73 Å². The van der Waals surface area contributed by atoms with Crippen LogP contribution in [0.25, 0.3) is 0 Å². The van der Waals surface area contributed by atoms with E-state index in [9.17, 15) is 0 Å². The number of rotatable bonds is 2. The zero-order valence-corrected chi connectivity index (χ0v) is 10.8. The van der Waals surface area contributed by atoms with Crippen LogP contribution in [-0.4, -0.2) is 29.5 Å². The van der Waals surface area contributed by atoms with E-state index in [2.05, 4.69) is 9.89 Å². The van der Waals surface area contributed by atoms with E-state index in [1.54, 1.807) is 0 Å². The van der Waals surface area contributed by atoms with Crippen molar-refractivity contribution in [2.45, 2.75) is 69.9 Å². The lowest BCUT2D eigenvalue weighted by molar-refractivity contribution is 0.165. The molecule has 0 saturated heterocycles. The van der Waals surface area contributed by atoms with Crippen molar-refractivity contribution in [3.63, 3.8) is 0 Å². The highest BCUT2D eigenvalue weighted by Gasteiger charge is 2.38. The summed E-state index contributed by atoms with van der Waals surface area (Å²) in [5.41, 5.74) is 6.13. The standard InChI is InChI=1S/C14H25N3/c15-14-16-10-13(11-6-2-1-3-7-11)17(14)12-8-4-5-9-12/h11-13H,1-10H2,(H2,15,16). The second-order valence-corrected chi connectivity index (χ2v) is 6.01. The summed E-state index contributed by atoms with van der Waals surface area (Å²) < 4.78 is 0. The molecule has 0 amide bonds. The Morgan fingerprint density at radius 3 is 2.29 bits per heavy atom. The fourth-order valence-corrected chi connectivity index (χ4v) is 4.06. The van der Waals surface area contributed by atoms with E-state index < -0.39 is 0 Å². The van der Waals surface area contributed by atoms with E-state index in [-0.39, 0.29) is 0 Å². The third-order valence-corrected chi connectivity index (χ3v) is 4.97. The number of nitrogens with zero attached hydrogens (tertiary/aromatic N) is 2. The summed E-state index contributed by atoms with van der Waals surface area (Å²) in [4.78, 5) is 7.04. The van der Waals surface area contributed by atoms with E-state index in [1.807, 2.05) is 0 Å². The Morgan fingerprint density at radius 1 is 0.941 bits per heavy atom. The minimum Gasteiger partial charge on any atom is -0.370 e. The molecule has 2 aliphatic carbocycles. The van der Waals surface area contributed by atoms with Gasteiger partial charge in [0.1, 0.15) is 0 Å². The third-order valence-electron chi connectivity index (χ3n) is 4.97. The van der Waals surface area contributed by atoms with E-state index >= 15 is 0 Å². The molecule has 0 aromatic carbocycles. The van der Waals surface area contributed by atoms with Crippen molar-refractivity contribution in [1.82, 2.24) is 4.90 Å². The largest absolute Gasteiger partial charge is 0.370 e. The molecule has 3 nitrogen and oxygen atoms in total. The van der Waals surface area contributed by atoms with E-state index in [0.717, 1.165) is 18.4 Å². The van der Waals surface area contributed by atoms with Gasteiger partial charge in [-0.15, -0.1) is 0 Å². The van der Waals surface area contributed by atoms with Crippen LogP contribution >= 0.6 is 0 Å². The van der Waals surface area contributed by atoms with Crippen LogP contribution in [0.15, 0.2) is 4.99 Å². The fraction of sp³-hybridized carbons (Fsp3) is 0.929. The van der Waals surface area contributed by atoms with Crippen LogP contribution in [0.5, 0.6) is 0 Å². The molecule has 1 unspecified atom stereocenters. The lowest BCUT2D eigenvalue weighted by Crippen LogP contribution is -2.49. The molecule has 2 saturated carbocycles. The summed E-state index contributed by atoms with van der Waals surface area (Å²) in [5, 5.41) is 0. The average molecular weight is 235 g/mol. The molecule has 0 aromatic rings. The van der Waals surface area contributed by atoms with Crippen LogP contribution in [0.1, 0.15) is 57.8 Å². The van der Waals surface area contributed by atoms with E-state index in [1.165, 1.54) is 57.8 Å². The minimum atomic E-state index is 0.637. The predicted molar refractivity (Wildman–Crippen MR) is 70.9 cm³/mol. The zero-order chi connectivity index (χ0) is 11.7. The molecular formula is C14H25N3. The van der Waals surface area contributed by atoms with Gasteiger partial charge in [-0.1, -0.05) is 32.1 Å². The third kappa shape index (κ3) is 2.16. The molecular weight excluding hydrogens is 210 g/mol. The summed E-state index contributed by atoms with van der Waals surface area (Å²) in [6, 6.07) is 1.34. The fourth-order valence-electron chi connectivity index (χ4n) is 4.06. The van der Waals surface area contributed by atoms with Crippen molar-refractivity contribution < 1.29 is 0 Å². The first kappa shape index (κ1) is 11.4. The summed E-state index contributed by atoms with van der Waals surface area (Å²) in [6.07, 6.45) is 12.5. The van der Waals surface area contributed by atoms with Crippen molar-refractivity contribution in [3.05, 3.63) is 0 Å². The minimum absolute atomic E-state index is 0.637. The zero-order valence-electron chi connectivity index (χ0n) is 10.8. The molecule has 96 valence electrons. The maximum Gasteiger partial charge on any atom is 0.191 e. The second kappa shape index (κ2) is 4.87. The van der Waals surface area contributed by atoms with Gasteiger partial charge in [0.2, 0.25) is 0 Å². The highest BCUT2D eigenvalue weighted by molar-refractivity contribution is 5.80. The molecule has 0 bridgehead atoms. The highest BCUT2D eigenvalue weighted by Crippen LogP contribution is 2.35. The van der Waals surface area contributed by atoms with Gasteiger partial charge in [0, 0.05) is 6.04 Å². The number of hydrogen-bond acceptors (Lipinski definition) is 3. The van der Waals surface area contributed by atoms with Crippen molar-refractivity contribution >= 4 is 5.96 Å². The molecule has 3 aliphatic rings. The summed E-state index contributed by atoms with van der Waals surface area (Å²) >= 11 is 0. The van der Waals surface area contributed by atoms with Crippen LogP contribution in [0.2, 0.25) is 0 Å². The van der Waals surface area contributed by atoms with Gasteiger partial charge in [-0.25, -0.2) is 0 Å². The Morgan fingerprint density at radius 2 is 1.59 bits per heavy atom. The molecule has 2 N–H and O–H groups in total.